The summed E-state index contributed by atoms with van der Waals surface area (Å²) in [6.07, 6.45) is 0. The quantitative estimate of drug-likeness (QED) is 0.410. The first kappa shape index (κ1) is 14.9. The van der Waals surface area contributed by atoms with Gasteiger partial charge in [-0.1, -0.05) is 50.5 Å². The molecule has 1 heterocycles. The highest BCUT2D eigenvalue weighted by atomic mass is 35.7. The van der Waals surface area contributed by atoms with Crippen LogP contribution in [0, 0.1) is 0 Å². The van der Waals surface area contributed by atoms with Crippen LogP contribution in [0.3, 0.4) is 0 Å². The van der Waals surface area contributed by atoms with Crippen LogP contribution in [0.5, 0.6) is 0 Å². The van der Waals surface area contributed by atoms with Crippen molar-refractivity contribution in [2.45, 2.75) is 39.3 Å². The summed E-state index contributed by atoms with van der Waals surface area (Å²) in [5.41, 5.74) is 0. The second-order valence-electron chi connectivity index (χ2n) is 5.72. The van der Waals surface area contributed by atoms with Crippen LogP contribution < -0.4 is 0 Å². The third-order valence-corrected chi connectivity index (χ3v) is 27.5. The molecule has 15 heavy (non-hydrogen) atoms. The van der Waals surface area contributed by atoms with Crippen LogP contribution in [0.1, 0.15) is 0 Å². The van der Waals surface area contributed by atoms with Crippen molar-refractivity contribution in [3.63, 3.8) is 0 Å². The highest BCUT2D eigenvalue weighted by Gasteiger charge is 2.67. The fourth-order valence-electron chi connectivity index (χ4n) is 1.64. The van der Waals surface area contributed by atoms with Crippen LogP contribution in [-0.4, -0.2) is 31.5 Å². The van der Waals surface area contributed by atoms with Crippen LogP contribution in [0.25, 0.3) is 0 Å². The van der Waals surface area contributed by atoms with Crippen molar-refractivity contribution >= 4 is 64.5 Å². The molecule has 0 spiro atoms. The first-order chi connectivity index (χ1) is 6.40. The number of hydrogen-bond acceptors (Lipinski definition) is 2. The van der Waals surface area contributed by atoms with E-state index in [2.05, 4.69) is 47.3 Å². The van der Waals surface area contributed by atoms with Gasteiger partial charge in [0.1, 0.15) is 24.0 Å². The van der Waals surface area contributed by atoms with Crippen molar-refractivity contribution < 1.29 is 0 Å². The molecule has 0 aliphatic carbocycles. The summed E-state index contributed by atoms with van der Waals surface area (Å²) in [6.45, 7) is 13.5. The molecule has 1 aliphatic heterocycles. The third kappa shape index (κ3) is 2.66. The summed E-state index contributed by atoms with van der Waals surface area (Å²) in [6, 6.07) is 0. The SMILES string of the molecule is C[Si](C)(C)N1P(Cl)N([Si](C)(C)C)[Si]1(Cl)Cl. The van der Waals surface area contributed by atoms with E-state index in [0.717, 1.165) is 0 Å². The molecule has 90 valence electrons. The van der Waals surface area contributed by atoms with Crippen LogP contribution >= 0.6 is 41.0 Å². The zero-order chi connectivity index (χ0) is 12.2. The smallest absolute Gasteiger partial charge is 0.265 e. The van der Waals surface area contributed by atoms with Crippen LogP contribution in [0.2, 0.25) is 39.3 Å². The van der Waals surface area contributed by atoms with Crippen molar-refractivity contribution in [1.82, 2.24) is 8.00 Å². The monoisotopic (exact) mass is 338 g/mol. The lowest BCUT2D eigenvalue weighted by molar-refractivity contribution is 0.776. The molecule has 0 saturated carbocycles. The fraction of sp³-hybridized carbons (Fsp3) is 1.00. The summed E-state index contributed by atoms with van der Waals surface area (Å²) in [4.78, 5) is 0. The van der Waals surface area contributed by atoms with Gasteiger partial charge in [0.25, 0.3) is 0 Å². The molecule has 1 rings (SSSR count). The van der Waals surface area contributed by atoms with Crippen molar-refractivity contribution in [1.29, 1.82) is 0 Å². The average molecular weight is 340 g/mol. The van der Waals surface area contributed by atoms with E-state index in [0.29, 0.717) is 0 Å². The molecule has 9 heteroatoms. The molecule has 0 aromatic carbocycles. The van der Waals surface area contributed by atoms with Crippen LogP contribution in [0.15, 0.2) is 0 Å². The zero-order valence-corrected chi connectivity index (χ0v) is 16.1. The Bertz CT molecular complexity index is 241. The van der Waals surface area contributed by atoms with E-state index in [1.54, 1.807) is 0 Å². The van der Waals surface area contributed by atoms with E-state index in [9.17, 15) is 0 Å². The Balaban J connectivity index is 2.96. The molecule has 0 unspecified atom stereocenters. The molecule has 1 saturated heterocycles. The minimum absolute atomic E-state index is 0.748. The summed E-state index contributed by atoms with van der Waals surface area (Å²) in [5, 5.41) is 0. The maximum atomic E-state index is 6.56. The highest BCUT2D eigenvalue weighted by molar-refractivity contribution is 7.93. The van der Waals surface area contributed by atoms with Gasteiger partial charge in [0.2, 0.25) is 0 Å². The molecule has 0 radical (unpaired) electrons. The molecule has 0 atom stereocenters. The lowest BCUT2D eigenvalue weighted by Gasteiger charge is -2.63. The molecule has 0 aromatic heterocycles. The first-order valence-corrected chi connectivity index (χ1v) is 17.8. The van der Waals surface area contributed by atoms with Crippen LogP contribution in [0.4, 0.5) is 0 Å². The van der Waals surface area contributed by atoms with Crippen molar-refractivity contribution in [3.05, 3.63) is 0 Å². The van der Waals surface area contributed by atoms with E-state index < -0.39 is 31.1 Å². The molecule has 0 bridgehead atoms. The maximum Gasteiger partial charge on any atom is 0.405 e. The van der Waals surface area contributed by atoms with E-state index >= 15 is 0 Å². The second-order valence-corrected chi connectivity index (χ2v) is 25.5. The summed E-state index contributed by atoms with van der Waals surface area (Å²) in [7, 11) is -6.13. The predicted molar refractivity (Wildman–Crippen MR) is 80.6 cm³/mol. The zero-order valence-electron chi connectivity index (χ0n) is 9.98. The van der Waals surface area contributed by atoms with Gasteiger partial charge in [-0.15, -0.1) is 22.2 Å². The lowest BCUT2D eigenvalue weighted by atomic mass is 11.8. The Kier molecular flexibility index (Phi) is 4.19. The fourth-order valence-corrected chi connectivity index (χ4v) is 36.4. The van der Waals surface area contributed by atoms with Crippen molar-refractivity contribution in [2.24, 2.45) is 0 Å². The van der Waals surface area contributed by atoms with Gasteiger partial charge in [0, 0.05) is 0 Å². The van der Waals surface area contributed by atoms with Gasteiger partial charge in [-0.3, -0.25) is 8.00 Å². The van der Waals surface area contributed by atoms with Gasteiger partial charge in [-0.05, 0) is 0 Å². The van der Waals surface area contributed by atoms with Crippen LogP contribution in [-0.2, 0) is 0 Å². The van der Waals surface area contributed by atoms with Gasteiger partial charge in [-0.2, -0.15) is 0 Å². The predicted octanol–water partition coefficient (Wildman–Crippen LogP) is 4.65. The van der Waals surface area contributed by atoms with E-state index in [-0.39, 0.29) is 0 Å². The minimum atomic E-state index is -2.41. The minimum Gasteiger partial charge on any atom is -0.265 e. The Hall–Kier alpha value is 1.87. The first-order valence-electron chi connectivity index (χ1n) is 4.84. The van der Waals surface area contributed by atoms with Crippen molar-refractivity contribution in [2.75, 3.05) is 0 Å². The Morgan fingerprint density at radius 2 is 1.13 bits per heavy atom. The Morgan fingerprint density at radius 1 is 0.867 bits per heavy atom. The molecular weight excluding hydrogens is 322 g/mol. The van der Waals surface area contributed by atoms with Gasteiger partial charge >= 0.3 is 7.02 Å². The summed E-state index contributed by atoms with van der Waals surface area (Å²) < 4.78 is 4.52. The van der Waals surface area contributed by atoms with E-state index in [4.69, 9.17) is 33.4 Å². The molecule has 0 amide bonds. The molecular formula is C6H18Cl3N2PSi3. The number of nitrogens with zero attached hydrogens (tertiary/aromatic N) is 2. The van der Waals surface area contributed by atoms with Gasteiger partial charge in [0.15, 0.2) is 0 Å². The molecule has 2 nitrogen and oxygen atoms in total. The molecule has 0 aromatic rings. The summed E-state index contributed by atoms with van der Waals surface area (Å²) in [5.74, 6) is 0. The topological polar surface area (TPSA) is 6.48 Å². The Morgan fingerprint density at radius 3 is 1.27 bits per heavy atom. The maximum absolute atomic E-state index is 6.56. The number of halogens is 3. The second kappa shape index (κ2) is 4.21. The van der Waals surface area contributed by atoms with Gasteiger partial charge in [-0.25, -0.2) is 0 Å². The normalized spacial score (nSPS) is 25.4. The number of rotatable bonds is 2. The molecule has 1 fully saturated rings. The average Bonchev–Trinajstić information content (AvgIpc) is 1.74. The van der Waals surface area contributed by atoms with E-state index in [1.165, 1.54) is 0 Å². The Labute approximate surface area is 111 Å². The summed E-state index contributed by atoms with van der Waals surface area (Å²) >= 11 is 19.6. The number of hydrogen-bond donors (Lipinski definition) is 0. The highest BCUT2D eigenvalue weighted by Crippen LogP contribution is 2.70. The molecule has 1 aliphatic rings. The molecule has 0 N–H and O–H groups in total. The van der Waals surface area contributed by atoms with Gasteiger partial charge in [0.05, 0.1) is 0 Å². The van der Waals surface area contributed by atoms with Gasteiger partial charge < -0.3 is 0 Å². The van der Waals surface area contributed by atoms with E-state index in [1.807, 2.05) is 0 Å². The lowest BCUT2D eigenvalue weighted by Crippen LogP contribution is -2.76. The standard InChI is InChI=1S/C6H18Cl3N2PSi3/c1-13(2,3)10-12(7)11(14(4,5)6)15(10,8)9/h1-6H3. The largest absolute Gasteiger partial charge is 0.405 e. The van der Waals surface area contributed by atoms with Crippen molar-refractivity contribution in [3.8, 4) is 0 Å². The third-order valence-electron chi connectivity index (χ3n) is 2.11.